The van der Waals surface area contributed by atoms with Crippen LogP contribution in [-0.2, 0) is 12.0 Å². The van der Waals surface area contributed by atoms with Crippen LogP contribution in [0.5, 0.6) is 0 Å². The lowest BCUT2D eigenvalue weighted by Gasteiger charge is -2.20. The highest BCUT2D eigenvalue weighted by molar-refractivity contribution is 6.31. The summed E-state index contributed by atoms with van der Waals surface area (Å²) in [5.41, 5.74) is 1.20. The number of aryl methyl sites for hydroxylation is 1. The number of aliphatic hydroxyl groups is 1. The Hall–Kier alpha value is -4.88. The van der Waals surface area contributed by atoms with E-state index < -0.39 is 17.5 Å². The molecule has 12 nitrogen and oxygen atoms in total. The Morgan fingerprint density at radius 1 is 1.23 bits per heavy atom. The summed E-state index contributed by atoms with van der Waals surface area (Å²) in [5.74, 6) is -0.614. The van der Waals surface area contributed by atoms with Crippen LogP contribution >= 0.6 is 11.6 Å². The number of fused-ring (bicyclic) bond motifs is 1. The zero-order valence-corrected chi connectivity index (χ0v) is 20.6. The van der Waals surface area contributed by atoms with E-state index in [-0.39, 0.29) is 34.9 Å². The Morgan fingerprint density at radius 3 is 2.82 bits per heavy atom. The predicted molar refractivity (Wildman–Crippen MR) is 136 cm³/mol. The lowest BCUT2D eigenvalue weighted by Crippen LogP contribution is -2.42. The first-order valence-corrected chi connectivity index (χ1v) is 12.0. The normalized spacial score (nSPS) is 16.3. The third kappa shape index (κ3) is 4.23. The first-order chi connectivity index (χ1) is 18.7. The Labute approximate surface area is 223 Å². The summed E-state index contributed by atoms with van der Waals surface area (Å²) < 4.78 is 16.8. The molecule has 1 aliphatic rings. The van der Waals surface area contributed by atoms with E-state index in [1.807, 2.05) is 0 Å². The zero-order chi connectivity index (χ0) is 27.3. The van der Waals surface area contributed by atoms with E-state index in [1.165, 1.54) is 35.5 Å². The topological polar surface area (TPSA) is 169 Å². The van der Waals surface area contributed by atoms with Crippen LogP contribution < -0.4 is 10.0 Å². The summed E-state index contributed by atoms with van der Waals surface area (Å²) in [7, 11) is 0. The molecule has 1 atom stereocenters. The van der Waals surface area contributed by atoms with Crippen LogP contribution in [0.15, 0.2) is 61.2 Å². The fourth-order valence-electron chi connectivity index (χ4n) is 4.89. The minimum absolute atomic E-state index is 0.0676. The number of amides is 1. The maximum atomic E-state index is 14.7. The zero-order valence-electron chi connectivity index (χ0n) is 19.8. The molecular formula is C25H18ClFN8O4. The number of imidazole rings is 1. The van der Waals surface area contributed by atoms with Crippen molar-refractivity contribution in [1.29, 1.82) is 0 Å². The van der Waals surface area contributed by atoms with Crippen LogP contribution in [0.1, 0.15) is 23.5 Å². The average molecular weight is 549 g/mol. The number of aromatic amines is 1. The number of halogens is 2. The lowest BCUT2D eigenvalue weighted by molar-refractivity contribution is -0.620. The summed E-state index contributed by atoms with van der Waals surface area (Å²) in [6.07, 6.45) is 3.35. The molecule has 14 heteroatoms. The van der Waals surface area contributed by atoms with E-state index in [0.717, 1.165) is 6.07 Å². The number of aromatic nitrogens is 7. The van der Waals surface area contributed by atoms with Crippen LogP contribution in [0.4, 0.5) is 14.9 Å². The number of carbonyl (C=O) groups is 1. The summed E-state index contributed by atoms with van der Waals surface area (Å²) in [4.78, 5) is 18.0. The van der Waals surface area contributed by atoms with Crippen LogP contribution in [0.3, 0.4) is 0 Å². The van der Waals surface area contributed by atoms with Crippen molar-refractivity contribution in [2.75, 3.05) is 5.32 Å². The maximum Gasteiger partial charge on any atom is 0.409 e. The second-order valence-corrected chi connectivity index (χ2v) is 9.41. The fraction of sp³-hybridized carbons (Fsp3) is 0.120. The van der Waals surface area contributed by atoms with Gasteiger partial charge in [-0.05, 0) is 65.7 Å². The Bertz CT molecular complexity index is 1740. The molecule has 3 heterocycles. The minimum Gasteiger partial charge on any atom is -0.618 e. The quantitative estimate of drug-likeness (QED) is 0.191. The number of nitrogens with zero attached hydrogens (tertiary/aromatic N) is 6. The number of hydrogen-bond acceptors (Lipinski definition) is 7. The smallest absolute Gasteiger partial charge is 0.409 e. The van der Waals surface area contributed by atoms with Gasteiger partial charge in [0, 0.05) is 33.0 Å². The molecule has 1 amide bonds. The van der Waals surface area contributed by atoms with E-state index in [2.05, 4.69) is 30.8 Å². The number of benzene rings is 2. The standard InChI is InChI=1S/C25H18ClFN8O4/c26-15-1-4-21(34-12-29-32-33-34)18(8-15)14-7-13-5-6-25(38,22(13)35(39)11-14)23-28-10-20(31-23)17-3-2-16(9-19(17)27)30-24(36)37/h1-4,7-12,30,38H,5-6H2,(H,28,31)(H,36,37)/t25-/m0/s1. The number of rotatable bonds is 5. The van der Waals surface area contributed by atoms with Gasteiger partial charge < -0.3 is 20.4 Å². The molecule has 0 fully saturated rings. The summed E-state index contributed by atoms with van der Waals surface area (Å²) in [6.45, 7) is 0. The molecule has 4 N–H and O–H groups in total. The van der Waals surface area contributed by atoms with Gasteiger partial charge in [0.25, 0.3) is 0 Å². The molecule has 3 aromatic heterocycles. The van der Waals surface area contributed by atoms with Crippen LogP contribution in [0, 0.1) is 11.0 Å². The number of tetrazole rings is 1. The predicted octanol–water partition coefficient (Wildman–Crippen LogP) is 3.42. The van der Waals surface area contributed by atoms with Crippen molar-refractivity contribution in [1.82, 2.24) is 30.2 Å². The highest BCUT2D eigenvalue weighted by Crippen LogP contribution is 2.41. The molecule has 2 aromatic carbocycles. The SMILES string of the molecule is O=C(O)Nc1ccc(-c2cnc([C@]3(O)CCc4cc(-c5cc(Cl)ccc5-n5cnnn5)c[n+]([O-])c43)[nH]2)c(F)c1. The highest BCUT2D eigenvalue weighted by atomic mass is 35.5. The second-order valence-electron chi connectivity index (χ2n) is 8.97. The van der Waals surface area contributed by atoms with Crippen molar-refractivity contribution in [3.8, 4) is 28.1 Å². The average Bonchev–Trinajstić information content (AvgIpc) is 3.65. The van der Waals surface area contributed by atoms with Gasteiger partial charge in [0.15, 0.2) is 6.20 Å². The monoisotopic (exact) mass is 548 g/mol. The van der Waals surface area contributed by atoms with E-state index in [9.17, 15) is 19.5 Å². The van der Waals surface area contributed by atoms with Gasteiger partial charge in [-0.2, -0.15) is 9.41 Å². The number of hydrogen-bond donors (Lipinski definition) is 4. The van der Waals surface area contributed by atoms with Crippen molar-refractivity contribution >= 4 is 23.4 Å². The molecule has 0 unspecified atom stereocenters. The first kappa shape index (κ1) is 24.5. The Balaban J connectivity index is 1.37. The molecule has 0 bridgehead atoms. The van der Waals surface area contributed by atoms with Crippen molar-refractivity contribution in [2.45, 2.75) is 18.4 Å². The summed E-state index contributed by atoms with van der Waals surface area (Å²) in [5, 5.41) is 47.6. The van der Waals surface area contributed by atoms with E-state index in [4.69, 9.17) is 16.7 Å². The van der Waals surface area contributed by atoms with Crippen molar-refractivity contribution in [3.63, 3.8) is 0 Å². The largest absolute Gasteiger partial charge is 0.618 e. The second kappa shape index (κ2) is 9.15. The molecule has 5 aromatic rings. The Kier molecular flexibility index (Phi) is 5.74. The Morgan fingerprint density at radius 2 is 2.08 bits per heavy atom. The van der Waals surface area contributed by atoms with Crippen molar-refractivity contribution in [3.05, 3.63) is 94.3 Å². The highest BCUT2D eigenvalue weighted by Gasteiger charge is 2.48. The number of pyridine rings is 1. The molecule has 1 aliphatic carbocycles. The van der Waals surface area contributed by atoms with Crippen LogP contribution in [-0.4, -0.2) is 46.5 Å². The number of nitrogens with one attached hydrogen (secondary N) is 2. The molecule has 0 radical (unpaired) electrons. The van der Waals surface area contributed by atoms with Gasteiger partial charge >= 0.3 is 6.09 Å². The van der Waals surface area contributed by atoms with Gasteiger partial charge in [0.1, 0.15) is 18.0 Å². The molecule has 0 saturated heterocycles. The lowest BCUT2D eigenvalue weighted by atomic mass is 9.98. The fourth-order valence-corrected chi connectivity index (χ4v) is 5.06. The number of carboxylic acid groups (broad SMARTS) is 1. The molecule has 196 valence electrons. The van der Waals surface area contributed by atoms with Gasteiger partial charge in [-0.3, -0.25) is 5.32 Å². The number of H-pyrrole nitrogens is 1. The van der Waals surface area contributed by atoms with E-state index >= 15 is 0 Å². The van der Waals surface area contributed by atoms with Gasteiger partial charge in [-0.1, -0.05) is 11.6 Å². The van der Waals surface area contributed by atoms with Crippen LogP contribution in [0.25, 0.3) is 28.1 Å². The third-order valence-electron chi connectivity index (χ3n) is 6.60. The minimum atomic E-state index is -1.75. The molecule has 39 heavy (non-hydrogen) atoms. The maximum absolute atomic E-state index is 14.7. The van der Waals surface area contributed by atoms with E-state index in [1.54, 1.807) is 24.3 Å². The number of anilines is 1. The van der Waals surface area contributed by atoms with Gasteiger partial charge in [0.05, 0.1) is 17.6 Å². The van der Waals surface area contributed by atoms with Gasteiger partial charge in [0.2, 0.25) is 11.3 Å². The van der Waals surface area contributed by atoms with Crippen molar-refractivity contribution in [2.24, 2.45) is 0 Å². The summed E-state index contributed by atoms with van der Waals surface area (Å²) in [6, 6.07) is 10.8. The summed E-state index contributed by atoms with van der Waals surface area (Å²) >= 11 is 6.25. The molecule has 0 aliphatic heterocycles. The molecule has 0 spiro atoms. The van der Waals surface area contributed by atoms with Gasteiger partial charge in [-0.25, -0.2) is 14.2 Å². The molecular weight excluding hydrogens is 531 g/mol. The molecule has 6 rings (SSSR count). The first-order valence-electron chi connectivity index (χ1n) is 11.6. The third-order valence-corrected chi connectivity index (χ3v) is 6.84. The molecule has 0 saturated carbocycles. The van der Waals surface area contributed by atoms with Gasteiger partial charge in [-0.15, -0.1) is 5.10 Å². The van der Waals surface area contributed by atoms with Crippen molar-refractivity contribution < 1.29 is 24.1 Å². The van der Waals surface area contributed by atoms with E-state index in [0.29, 0.717) is 38.6 Å². The van der Waals surface area contributed by atoms with Crippen LogP contribution in [0.2, 0.25) is 5.02 Å².